The zero-order valence-electron chi connectivity index (χ0n) is 17.5. The van der Waals surface area contributed by atoms with E-state index in [-0.39, 0.29) is 17.8 Å². The maximum Gasteiger partial charge on any atom is 0.336 e. The number of esters is 1. The molecule has 2 unspecified atom stereocenters. The minimum atomic E-state index is -0.427. The number of nitrogens with zero attached hydrogens (tertiary/aromatic N) is 1. The summed E-state index contributed by atoms with van der Waals surface area (Å²) in [6.45, 7) is 6.17. The van der Waals surface area contributed by atoms with Gasteiger partial charge in [0, 0.05) is 36.1 Å². The first-order valence-corrected chi connectivity index (χ1v) is 10.2. The number of ether oxygens (including phenoxy) is 1. The third-order valence-corrected chi connectivity index (χ3v) is 5.74. The molecule has 1 N–H and O–H groups in total. The van der Waals surface area contributed by atoms with E-state index in [4.69, 9.17) is 4.74 Å². The van der Waals surface area contributed by atoms with Crippen molar-refractivity contribution in [3.8, 4) is 0 Å². The van der Waals surface area contributed by atoms with Crippen LogP contribution in [0.1, 0.15) is 44.2 Å². The lowest BCUT2D eigenvalue weighted by molar-refractivity contribution is -0.141. The number of rotatable bonds is 4. The summed E-state index contributed by atoms with van der Waals surface area (Å²) >= 11 is 0. The van der Waals surface area contributed by atoms with Crippen molar-refractivity contribution in [1.82, 2.24) is 10.3 Å². The third kappa shape index (κ3) is 3.92. The average molecular weight is 402 g/mol. The van der Waals surface area contributed by atoms with Crippen LogP contribution >= 0.6 is 0 Å². The van der Waals surface area contributed by atoms with Crippen LogP contribution in [0.15, 0.2) is 77.9 Å². The molecule has 1 aliphatic heterocycles. The number of nitrogens with one attached hydrogen (secondary N) is 1. The topological polar surface area (TPSA) is 68.3 Å². The average Bonchev–Trinajstić information content (AvgIpc) is 2.71. The van der Waals surface area contributed by atoms with E-state index in [9.17, 15) is 9.59 Å². The second-order valence-electron chi connectivity index (χ2n) is 8.69. The highest BCUT2D eigenvalue weighted by Gasteiger charge is 2.46. The maximum absolute atomic E-state index is 13.2. The first kappa shape index (κ1) is 20.1. The Kier molecular flexibility index (Phi) is 5.29. The number of aromatic nitrogens is 1. The van der Waals surface area contributed by atoms with Crippen LogP contribution in [0.3, 0.4) is 0 Å². The fourth-order valence-electron chi connectivity index (χ4n) is 4.47. The van der Waals surface area contributed by atoms with E-state index in [2.05, 4.69) is 30.2 Å². The molecule has 0 saturated heterocycles. The number of hydrogen-bond donors (Lipinski definition) is 1. The number of ketones is 1. The number of Topliss-reactive ketones (excluding diaryl/α,β-unsaturated/α-hetero) is 1. The summed E-state index contributed by atoms with van der Waals surface area (Å²) in [5.41, 5.74) is 3.70. The summed E-state index contributed by atoms with van der Waals surface area (Å²) in [7, 11) is 0. The Morgan fingerprint density at radius 2 is 1.83 bits per heavy atom. The number of pyridine rings is 1. The predicted octanol–water partition coefficient (Wildman–Crippen LogP) is 4.28. The van der Waals surface area contributed by atoms with Gasteiger partial charge in [0.25, 0.3) is 0 Å². The first-order chi connectivity index (χ1) is 14.4. The summed E-state index contributed by atoms with van der Waals surface area (Å²) in [6.07, 6.45) is 5.96. The number of carbonyl (C=O) groups is 2. The van der Waals surface area contributed by atoms with Gasteiger partial charge in [0.15, 0.2) is 0 Å². The van der Waals surface area contributed by atoms with Gasteiger partial charge in [0.05, 0.1) is 11.5 Å². The van der Waals surface area contributed by atoms with Gasteiger partial charge < -0.3 is 10.1 Å². The molecule has 1 aliphatic carbocycles. The number of carbonyl (C=O) groups excluding carboxylic acids is 2. The Morgan fingerprint density at radius 1 is 1.13 bits per heavy atom. The molecule has 30 heavy (non-hydrogen) atoms. The fraction of sp³-hybridized carbons (Fsp3) is 0.320. The van der Waals surface area contributed by atoms with Gasteiger partial charge in [-0.25, -0.2) is 4.79 Å². The molecule has 0 amide bonds. The fourth-order valence-corrected chi connectivity index (χ4v) is 4.47. The molecule has 0 saturated carbocycles. The third-order valence-electron chi connectivity index (χ3n) is 5.74. The molecule has 5 heteroatoms. The van der Waals surface area contributed by atoms with E-state index in [1.54, 1.807) is 12.4 Å². The van der Waals surface area contributed by atoms with E-state index < -0.39 is 17.8 Å². The van der Waals surface area contributed by atoms with Crippen molar-refractivity contribution in [3.05, 3.63) is 89.0 Å². The summed E-state index contributed by atoms with van der Waals surface area (Å²) in [6, 6.07) is 13.3. The number of benzene rings is 1. The Bertz CT molecular complexity index is 1020. The molecule has 2 atom stereocenters. The summed E-state index contributed by atoms with van der Waals surface area (Å²) in [5, 5.41) is 3.34. The van der Waals surface area contributed by atoms with Crippen LogP contribution in [0.5, 0.6) is 0 Å². The Labute approximate surface area is 176 Å². The lowest BCUT2D eigenvalue weighted by Crippen LogP contribution is -2.43. The van der Waals surface area contributed by atoms with Gasteiger partial charge in [0.1, 0.15) is 12.4 Å². The van der Waals surface area contributed by atoms with E-state index in [1.807, 2.05) is 49.4 Å². The van der Waals surface area contributed by atoms with Crippen LogP contribution < -0.4 is 5.32 Å². The van der Waals surface area contributed by atoms with Gasteiger partial charge >= 0.3 is 5.97 Å². The normalized spacial score (nSPS) is 22.6. The highest BCUT2D eigenvalue weighted by molar-refractivity contribution is 5.96. The molecular weight excluding hydrogens is 376 g/mol. The van der Waals surface area contributed by atoms with Gasteiger partial charge in [-0.05, 0) is 35.6 Å². The van der Waals surface area contributed by atoms with Crippen molar-refractivity contribution in [2.45, 2.75) is 39.7 Å². The van der Waals surface area contributed by atoms with Crippen LogP contribution in [0, 0.1) is 11.3 Å². The molecule has 2 heterocycles. The van der Waals surface area contributed by atoms with Gasteiger partial charge in [-0.15, -0.1) is 0 Å². The molecule has 2 aliphatic rings. The monoisotopic (exact) mass is 402 g/mol. The van der Waals surface area contributed by atoms with E-state index in [0.717, 1.165) is 22.5 Å². The quantitative estimate of drug-likeness (QED) is 0.773. The van der Waals surface area contributed by atoms with E-state index in [1.165, 1.54) is 0 Å². The van der Waals surface area contributed by atoms with E-state index in [0.29, 0.717) is 12.0 Å². The van der Waals surface area contributed by atoms with Crippen LogP contribution in [-0.2, 0) is 20.9 Å². The largest absolute Gasteiger partial charge is 0.457 e. The standard InChI is InChI=1S/C25H26N2O3/c1-16-21(24(29)30-15-17-7-5-4-6-8-17)22(18-9-11-26-12-10-18)23-19(27-16)13-25(2,3)14-20(23)28/h4-13,22-23,27H,14-15H2,1-3H3. The van der Waals surface area contributed by atoms with Crippen LogP contribution in [-0.4, -0.2) is 16.7 Å². The Balaban J connectivity index is 1.73. The lowest BCUT2D eigenvalue weighted by atomic mass is 9.66. The summed E-state index contributed by atoms with van der Waals surface area (Å²) in [4.78, 5) is 30.5. The minimum Gasteiger partial charge on any atom is -0.457 e. The molecular formula is C25H26N2O3. The molecule has 5 nitrogen and oxygen atoms in total. The molecule has 0 spiro atoms. The van der Waals surface area contributed by atoms with Gasteiger partial charge in [-0.2, -0.15) is 0 Å². The molecule has 2 aromatic rings. The number of allylic oxidation sites excluding steroid dienone is 3. The summed E-state index contributed by atoms with van der Waals surface area (Å²) < 4.78 is 5.66. The van der Waals surface area contributed by atoms with Gasteiger partial charge in [-0.1, -0.05) is 50.3 Å². The zero-order valence-corrected chi connectivity index (χ0v) is 17.5. The SMILES string of the molecule is CC1=C(C(=O)OCc2ccccc2)C(c2ccncc2)C2C(=O)CC(C)(C)C=C2N1. The maximum atomic E-state index is 13.2. The van der Waals surface area contributed by atoms with Gasteiger partial charge in [0.2, 0.25) is 0 Å². The molecule has 1 aromatic heterocycles. The van der Waals surface area contributed by atoms with Crippen molar-refractivity contribution in [2.75, 3.05) is 0 Å². The van der Waals surface area contributed by atoms with Gasteiger partial charge in [-0.3, -0.25) is 9.78 Å². The molecule has 0 radical (unpaired) electrons. The number of fused-ring (bicyclic) bond motifs is 1. The molecule has 0 fully saturated rings. The smallest absolute Gasteiger partial charge is 0.336 e. The molecule has 4 rings (SSSR count). The molecule has 1 aromatic carbocycles. The second kappa shape index (κ2) is 7.90. The van der Waals surface area contributed by atoms with Crippen molar-refractivity contribution in [1.29, 1.82) is 0 Å². The molecule has 154 valence electrons. The Morgan fingerprint density at radius 3 is 2.53 bits per heavy atom. The first-order valence-electron chi connectivity index (χ1n) is 10.2. The highest BCUT2D eigenvalue weighted by atomic mass is 16.5. The number of hydrogen-bond acceptors (Lipinski definition) is 5. The zero-order chi connectivity index (χ0) is 21.3. The lowest BCUT2D eigenvalue weighted by Gasteiger charge is -2.41. The Hall–Kier alpha value is -3.21. The van der Waals surface area contributed by atoms with Crippen LogP contribution in [0.25, 0.3) is 0 Å². The van der Waals surface area contributed by atoms with Crippen molar-refractivity contribution in [3.63, 3.8) is 0 Å². The van der Waals surface area contributed by atoms with Crippen molar-refractivity contribution < 1.29 is 14.3 Å². The van der Waals surface area contributed by atoms with Crippen molar-refractivity contribution in [2.24, 2.45) is 11.3 Å². The van der Waals surface area contributed by atoms with Crippen LogP contribution in [0.4, 0.5) is 0 Å². The highest BCUT2D eigenvalue weighted by Crippen LogP contribution is 2.46. The second-order valence-corrected chi connectivity index (χ2v) is 8.69. The summed E-state index contributed by atoms with van der Waals surface area (Å²) in [5.74, 6) is -1.09. The van der Waals surface area contributed by atoms with E-state index >= 15 is 0 Å². The molecule has 0 bridgehead atoms. The minimum absolute atomic E-state index is 0.132. The van der Waals surface area contributed by atoms with Crippen LogP contribution in [0.2, 0.25) is 0 Å². The van der Waals surface area contributed by atoms with Crippen molar-refractivity contribution >= 4 is 11.8 Å². The predicted molar refractivity (Wildman–Crippen MR) is 114 cm³/mol.